The molecule has 1 aromatic rings. The average Bonchev–Trinajstić information content (AvgIpc) is 3.40. The number of nitrogens with zero attached hydrogens (tertiary/aromatic N) is 1. The zero-order chi connectivity index (χ0) is 17.2. The Morgan fingerprint density at radius 3 is 2.96 bits per heavy atom. The molecule has 2 fully saturated rings. The van der Waals surface area contributed by atoms with Crippen LogP contribution in [0.3, 0.4) is 0 Å². The Bertz CT molecular complexity index is 589. The number of hydrogen-bond acceptors (Lipinski definition) is 4. The van der Waals surface area contributed by atoms with Crippen molar-refractivity contribution in [3.8, 4) is 5.88 Å². The van der Waals surface area contributed by atoms with E-state index in [1.807, 2.05) is 26.0 Å². The van der Waals surface area contributed by atoms with Crippen LogP contribution in [-0.2, 0) is 4.79 Å². The molecule has 0 radical (unpaired) electrons. The molecule has 1 aliphatic carbocycles. The second-order valence-corrected chi connectivity index (χ2v) is 7.43. The standard InChI is InChI=1S/C18H26FN3O2/c1-18(2,17(23)22-15-7-9-20-10-14(15)19)11-24-16-13(12-5-6-12)4-3-8-21-16/h3-4,8,12,14-15,20H,5-7,9-11H2,1-2H3,(H,22,23)/t14-,15-/m0/s1. The number of carbonyl (C=O) groups excluding carboxylic acids is 1. The van der Waals surface area contributed by atoms with Crippen molar-refractivity contribution in [2.24, 2.45) is 5.41 Å². The lowest BCUT2D eigenvalue weighted by molar-refractivity contribution is -0.132. The quantitative estimate of drug-likeness (QED) is 0.836. The molecule has 2 N–H and O–H groups in total. The van der Waals surface area contributed by atoms with Gasteiger partial charge in [-0.3, -0.25) is 4.79 Å². The minimum Gasteiger partial charge on any atom is -0.476 e. The molecule has 132 valence electrons. The summed E-state index contributed by atoms with van der Waals surface area (Å²) in [5.74, 6) is 0.972. The van der Waals surface area contributed by atoms with Crippen LogP contribution < -0.4 is 15.4 Å². The third-order valence-corrected chi connectivity index (χ3v) is 4.73. The maximum atomic E-state index is 13.9. The molecule has 1 saturated heterocycles. The van der Waals surface area contributed by atoms with Gasteiger partial charge in [0.1, 0.15) is 12.8 Å². The number of amides is 1. The first-order valence-corrected chi connectivity index (χ1v) is 8.71. The Labute approximate surface area is 142 Å². The molecule has 6 heteroatoms. The summed E-state index contributed by atoms with van der Waals surface area (Å²) in [5, 5.41) is 5.83. The molecular weight excluding hydrogens is 309 g/mol. The van der Waals surface area contributed by atoms with E-state index in [4.69, 9.17) is 4.74 Å². The number of piperidine rings is 1. The van der Waals surface area contributed by atoms with Gasteiger partial charge in [-0.15, -0.1) is 0 Å². The second kappa shape index (κ2) is 7.05. The molecule has 0 spiro atoms. The second-order valence-electron chi connectivity index (χ2n) is 7.43. The van der Waals surface area contributed by atoms with Gasteiger partial charge in [-0.2, -0.15) is 0 Å². The Kier molecular flexibility index (Phi) is 5.04. The molecule has 1 aromatic heterocycles. The van der Waals surface area contributed by atoms with E-state index in [1.54, 1.807) is 6.20 Å². The van der Waals surface area contributed by atoms with Crippen molar-refractivity contribution in [3.05, 3.63) is 23.9 Å². The predicted octanol–water partition coefficient (Wildman–Crippen LogP) is 2.18. The topological polar surface area (TPSA) is 63.2 Å². The number of aromatic nitrogens is 1. The van der Waals surface area contributed by atoms with E-state index in [9.17, 15) is 9.18 Å². The molecule has 0 bridgehead atoms. The molecule has 2 atom stereocenters. The maximum Gasteiger partial charge on any atom is 0.229 e. The van der Waals surface area contributed by atoms with Gasteiger partial charge in [0.15, 0.2) is 0 Å². The van der Waals surface area contributed by atoms with Crippen molar-refractivity contribution in [1.29, 1.82) is 0 Å². The summed E-state index contributed by atoms with van der Waals surface area (Å²) in [5.41, 5.74) is 0.374. The lowest BCUT2D eigenvalue weighted by Crippen LogP contribution is -2.54. The summed E-state index contributed by atoms with van der Waals surface area (Å²) in [6.45, 7) is 4.87. The highest BCUT2D eigenvalue weighted by atomic mass is 19.1. The molecule has 1 saturated carbocycles. The van der Waals surface area contributed by atoms with Crippen LogP contribution in [0.2, 0.25) is 0 Å². The van der Waals surface area contributed by atoms with E-state index >= 15 is 0 Å². The summed E-state index contributed by atoms with van der Waals surface area (Å²) in [6, 6.07) is 3.53. The van der Waals surface area contributed by atoms with Gasteiger partial charge in [-0.1, -0.05) is 6.07 Å². The summed E-state index contributed by atoms with van der Waals surface area (Å²) >= 11 is 0. The van der Waals surface area contributed by atoms with E-state index in [-0.39, 0.29) is 12.5 Å². The van der Waals surface area contributed by atoms with Crippen molar-refractivity contribution >= 4 is 5.91 Å². The number of nitrogens with one attached hydrogen (secondary N) is 2. The van der Waals surface area contributed by atoms with E-state index < -0.39 is 17.6 Å². The number of halogens is 1. The monoisotopic (exact) mass is 335 g/mol. The zero-order valence-corrected chi connectivity index (χ0v) is 14.3. The van der Waals surface area contributed by atoms with Gasteiger partial charge < -0.3 is 15.4 Å². The van der Waals surface area contributed by atoms with Crippen LogP contribution in [0.4, 0.5) is 4.39 Å². The Morgan fingerprint density at radius 2 is 2.25 bits per heavy atom. The molecule has 1 aliphatic heterocycles. The van der Waals surface area contributed by atoms with Crippen LogP contribution in [0.5, 0.6) is 5.88 Å². The average molecular weight is 335 g/mol. The third kappa shape index (κ3) is 4.04. The molecule has 1 amide bonds. The van der Waals surface area contributed by atoms with Gasteiger partial charge in [-0.05, 0) is 51.6 Å². The minimum absolute atomic E-state index is 0.180. The Hall–Kier alpha value is -1.69. The molecule has 3 rings (SSSR count). The van der Waals surface area contributed by atoms with Gasteiger partial charge in [-0.25, -0.2) is 9.37 Å². The summed E-state index contributed by atoms with van der Waals surface area (Å²) in [7, 11) is 0. The van der Waals surface area contributed by atoms with Crippen LogP contribution in [0.1, 0.15) is 44.6 Å². The fourth-order valence-electron chi connectivity index (χ4n) is 2.89. The van der Waals surface area contributed by atoms with Crippen LogP contribution in [0.15, 0.2) is 18.3 Å². The minimum atomic E-state index is -1.04. The van der Waals surface area contributed by atoms with Crippen molar-refractivity contribution in [3.63, 3.8) is 0 Å². The van der Waals surface area contributed by atoms with Gasteiger partial charge in [0.05, 0.1) is 11.5 Å². The van der Waals surface area contributed by atoms with Crippen LogP contribution in [0, 0.1) is 5.41 Å². The lowest BCUT2D eigenvalue weighted by Gasteiger charge is -2.31. The highest BCUT2D eigenvalue weighted by molar-refractivity contribution is 5.82. The van der Waals surface area contributed by atoms with Crippen molar-refractivity contribution in [1.82, 2.24) is 15.6 Å². The number of pyridine rings is 1. The maximum absolute atomic E-state index is 13.9. The number of hydrogen-bond donors (Lipinski definition) is 2. The van der Waals surface area contributed by atoms with Gasteiger partial charge in [0.25, 0.3) is 0 Å². The molecule has 0 aromatic carbocycles. The third-order valence-electron chi connectivity index (χ3n) is 4.73. The summed E-state index contributed by atoms with van der Waals surface area (Å²) in [4.78, 5) is 16.8. The Balaban J connectivity index is 1.58. The zero-order valence-electron chi connectivity index (χ0n) is 14.3. The largest absolute Gasteiger partial charge is 0.476 e. The van der Waals surface area contributed by atoms with Gasteiger partial charge in [0.2, 0.25) is 11.8 Å². The summed E-state index contributed by atoms with van der Waals surface area (Å²) in [6.07, 6.45) is 3.60. The first-order chi connectivity index (χ1) is 11.5. The molecule has 2 aliphatic rings. The Morgan fingerprint density at radius 1 is 1.46 bits per heavy atom. The molecule has 0 unspecified atom stereocenters. The molecule has 2 heterocycles. The number of ether oxygens (including phenoxy) is 1. The van der Waals surface area contributed by atoms with Crippen molar-refractivity contribution in [2.45, 2.75) is 51.2 Å². The first kappa shape index (κ1) is 17.1. The highest BCUT2D eigenvalue weighted by Gasteiger charge is 2.34. The van der Waals surface area contributed by atoms with Crippen molar-refractivity contribution < 1.29 is 13.9 Å². The van der Waals surface area contributed by atoms with Gasteiger partial charge in [0, 0.05) is 18.3 Å². The molecule has 5 nitrogen and oxygen atoms in total. The number of carbonyl (C=O) groups is 1. The lowest BCUT2D eigenvalue weighted by atomic mass is 9.92. The fraction of sp³-hybridized carbons (Fsp3) is 0.667. The van der Waals surface area contributed by atoms with Crippen LogP contribution in [-0.4, -0.2) is 42.8 Å². The van der Waals surface area contributed by atoms with Crippen molar-refractivity contribution in [2.75, 3.05) is 19.7 Å². The van der Waals surface area contributed by atoms with E-state index in [2.05, 4.69) is 15.6 Å². The van der Waals surface area contributed by atoms with Gasteiger partial charge >= 0.3 is 0 Å². The first-order valence-electron chi connectivity index (χ1n) is 8.71. The van der Waals surface area contributed by atoms with Crippen LogP contribution >= 0.6 is 0 Å². The molecular formula is C18H26FN3O2. The normalized spacial score (nSPS) is 24.5. The van der Waals surface area contributed by atoms with Crippen LogP contribution in [0.25, 0.3) is 0 Å². The van der Waals surface area contributed by atoms with E-state index in [1.165, 1.54) is 12.8 Å². The van der Waals surface area contributed by atoms with E-state index in [0.717, 1.165) is 12.1 Å². The highest BCUT2D eigenvalue weighted by Crippen LogP contribution is 2.43. The number of alkyl halides is 1. The number of rotatable bonds is 6. The summed E-state index contributed by atoms with van der Waals surface area (Å²) < 4.78 is 19.7. The smallest absolute Gasteiger partial charge is 0.229 e. The molecule has 24 heavy (non-hydrogen) atoms. The predicted molar refractivity (Wildman–Crippen MR) is 89.8 cm³/mol. The SMILES string of the molecule is CC(C)(COc1ncccc1C1CC1)C(=O)N[C@H]1CCNC[C@@H]1F. The fourth-order valence-corrected chi connectivity index (χ4v) is 2.89. The van der Waals surface area contributed by atoms with E-state index in [0.29, 0.717) is 24.8 Å².